The molecule has 3 aliphatic rings. The number of hydrogen-bond donors (Lipinski definition) is 0. The van der Waals surface area contributed by atoms with Gasteiger partial charge in [0.1, 0.15) is 0 Å². The fourth-order valence-electron chi connectivity index (χ4n) is 6.06. The number of likely N-dealkylation sites (tertiary alicyclic amines) is 2. The van der Waals surface area contributed by atoms with Crippen LogP contribution in [0.15, 0.2) is 27.9 Å². The van der Waals surface area contributed by atoms with Gasteiger partial charge in [0.2, 0.25) is 0 Å². The first-order valence-electron chi connectivity index (χ1n) is 11.4. The van der Waals surface area contributed by atoms with Crippen LogP contribution in [0.1, 0.15) is 74.1 Å². The maximum absolute atomic E-state index is 6.32. The maximum atomic E-state index is 6.32. The molecule has 2 fully saturated rings. The fourth-order valence-corrected chi connectivity index (χ4v) is 6.36. The highest BCUT2D eigenvalue weighted by Crippen LogP contribution is 2.53. The van der Waals surface area contributed by atoms with E-state index >= 15 is 0 Å². The average Bonchev–Trinajstić information content (AvgIpc) is 2.81. The molecule has 4 unspecified atom stereocenters. The van der Waals surface area contributed by atoms with Crippen LogP contribution in [0, 0.1) is 22.2 Å². The molecule has 0 amide bonds. The van der Waals surface area contributed by atoms with Gasteiger partial charge in [0.15, 0.2) is 0 Å². The van der Waals surface area contributed by atoms with E-state index in [1.165, 1.54) is 24.1 Å². The van der Waals surface area contributed by atoms with E-state index in [1.807, 2.05) is 0 Å². The van der Waals surface area contributed by atoms with Crippen molar-refractivity contribution in [3.8, 4) is 0 Å². The Morgan fingerprint density at radius 3 is 2.38 bits per heavy atom. The largest absolute Gasteiger partial charge is 0.283 e. The van der Waals surface area contributed by atoms with Crippen molar-refractivity contribution >= 4 is 18.3 Å². The number of aliphatic imine (C=N–C) groups is 1. The highest BCUT2D eigenvalue weighted by molar-refractivity contribution is 6.29. The first-order chi connectivity index (χ1) is 13.3. The molecule has 0 spiro atoms. The topological polar surface area (TPSA) is 18.8 Å². The summed E-state index contributed by atoms with van der Waals surface area (Å²) in [5.74, 6) is 0.749. The molecule has 4 atom stereocenters. The molecule has 2 aliphatic heterocycles. The van der Waals surface area contributed by atoms with Gasteiger partial charge in [-0.1, -0.05) is 59.7 Å². The number of rotatable bonds is 6. The van der Waals surface area contributed by atoms with Gasteiger partial charge in [-0.25, -0.2) is 0 Å². The standard InChI is InChI=1S/C25H42ClN3/c1-17-14-29(19(17)3)22(20-11-10-12-23(4,5)21(20)27-9)28-15-24(6,7)25(8,16-28)13-18(2)26/h17,19,22H,2,9-16H2,1,3-8H3. The Labute approximate surface area is 184 Å². The Hall–Kier alpha value is -0.640. The van der Waals surface area contributed by atoms with E-state index in [-0.39, 0.29) is 16.2 Å². The van der Waals surface area contributed by atoms with E-state index in [4.69, 9.17) is 11.6 Å². The van der Waals surface area contributed by atoms with Gasteiger partial charge in [-0.05, 0) is 61.6 Å². The highest BCUT2D eigenvalue weighted by Gasteiger charge is 2.53. The summed E-state index contributed by atoms with van der Waals surface area (Å²) in [4.78, 5) is 10.1. The molecular formula is C25H42ClN3. The molecule has 2 saturated heterocycles. The van der Waals surface area contributed by atoms with E-state index in [9.17, 15) is 0 Å². The van der Waals surface area contributed by atoms with Crippen LogP contribution >= 0.6 is 11.6 Å². The van der Waals surface area contributed by atoms with E-state index in [1.54, 1.807) is 0 Å². The van der Waals surface area contributed by atoms with Crippen LogP contribution in [-0.4, -0.2) is 48.4 Å². The first kappa shape index (κ1) is 23.0. The molecule has 0 aromatic carbocycles. The summed E-state index contributed by atoms with van der Waals surface area (Å²) in [7, 11) is 0. The summed E-state index contributed by atoms with van der Waals surface area (Å²) >= 11 is 6.32. The zero-order valence-electron chi connectivity index (χ0n) is 19.8. The van der Waals surface area contributed by atoms with Crippen molar-refractivity contribution < 1.29 is 0 Å². The highest BCUT2D eigenvalue weighted by atomic mass is 35.5. The summed E-state index contributed by atoms with van der Waals surface area (Å²) in [6.07, 6.45) is 4.76. The van der Waals surface area contributed by atoms with E-state index in [0.717, 1.165) is 43.4 Å². The van der Waals surface area contributed by atoms with Gasteiger partial charge in [0, 0.05) is 41.8 Å². The Morgan fingerprint density at radius 1 is 1.21 bits per heavy atom. The van der Waals surface area contributed by atoms with E-state index < -0.39 is 0 Å². The smallest absolute Gasteiger partial charge is 0.0868 e. The van der Waals surface area contributed by atoms with Gasteiger partial charge >= 0.3 is 0 Å². The summed E-state index contributed by atoms with van der Waals surface area (Å²) < 4.78 is 0. The Kier molecular flexibility index (Phi) is 6.20. The second kappa shape index (κ2) is 7.80. The summed E-state index contributed by atoms with van der Waals surface area (Å²) in [5, 5.41) is 0.774. The molecule has 164 valence electrons. The van der Waals surface area contributed by atoms with Crippen molar-refractivity contribution in [2.24, 2.45) is 27.2 Å². The molecule has 0 aromatic rings. The second-order valence-corrected chi connectivity index (χ2v) is 12.1. The van der Waals surface area contributed by atoms with Crippen LogP contribution < -0.4 is 0 Å². The molecule has 0 saturated carbocycles. The number of nitrogens with zero attached hydrogens (tertiary/aromatic N) is 3. The lowest BCUT2D eigenvalue weighted by molar-refractivity contribution is -0.0532. The second-order valence-electron chi connectivity index (χ2n) is 11.6. The van der Waals surface area contributed by atoms with Gasteiger partial charge in [0.25, 0.3) is 0 Å². The van der Waals surface area contributed by atoms with Crippen molar-refractivity contribution in [1.29, 1.82) is 0 Å². The summed E-state index contributed by atoms with van der Waals surface area (Å²) in [5.41, 5.74) is 3.16. The quantitative estimate of drug-likeness (QED) is 0.470. The average molecular weight is 420 g/mol. The SMILES string of the molecule is C=NC1=C(C(N2CC(C)(C)C(C)(CC(=C)Cl)C2)N2CC(C)C2C)CCCC1(C)C. The van der Waals surface area contributed by atoms with Gasteiger partial charge in [-0.3, -0.25) is 14.8 Å². The molecule has 0 N–H and O–H groups in total. The molecule has 0 aromatic heterocycles. The fraction of sp³-hybridized carbons (Fsp3) is 0.800. The van der Waals surface area contributed by atoms with Crippen LogP contribution in [0.3, 0.4) is 0 Å². The minimum absolute atomic E-state index is 0.107. The van der Waals surface area contributed by atoms with E-state index in [2.05, 4.69) is 76.6 Å². The molecular weight excluding hydrogens is 378 g/mol. The molecule has 4 heteroatoms. The zero-order valence-corrected chi connectivity index (χ0v) is 20.6. The van der Waals surface area contributed by atoms with Crippen LogP contribution in [0.4, 0.5) is 0 Å². The predicted molar refractivity (Wildman–Crippen MR) is 126 cm³/mol. The van der Waals surface area contributed by atoms with Gasteiger partial charge in [-0.15, -0.1) is 0 Å². The van der Waals surface area contributed by atoms with Crippen molar-refractivity contribution in [3.63, 3.8) is 0 Å². The normalized spacial score (nSPS) is 36.0. The first-order valence-corrected chi connectivity index (χ1v) is 11.7. The van der Waals surface area contributed by atoms with E-state index in [0.29, 0.717) is 12.2 Å². The summed E-state index contributed by atoms with van der Waals surface area (Å²) in [6, 6.07) is 0.599. The Balaban J connectivity index is 2.03. The number of halogens is 1. The molecule has 2 heterocycles. The minimum atomic E-state index is 0.107. The zero-order chi connectivity index (χ0) is 21.8. The van der Waals surface area contributed by atoms with Crippen molar-refractivity contribution in [1.82, 2.24) is 9.80 Å². The monoisotopic (exact) mass is 419 g/mol. The van der Waals surface area contributed by atoms with Crippen LogP contribution in [0.5, 0.6) is 0 Å². The van der Waals surface area contributed by atoms with Gasteiger partial charge in [-0.2, -0.15) is 0 Å². The molecule has 0 radical (unpaired) electrons. The Bertz CT molecular complexity index is 707. The molecule has 1 aliphatic carbocycles. The molecule has 3 nitrogen and oxygen atoms in total. The van der Waals surface area contributed by atoms with Crippen molar-refractivity contribution in [3.05, 3.63) is 22.9 Å². The molecule has 0 bridgehead atoms. The van der Waals surface area contributed by atoms with Crippen LogP contribution in [0.2, 0.25) is 0 Å². The third kappa shape index (κ3) is 4.00. The maximum Gasteiger partial charge on any atom is 0.0868 e. The lowest BCUT2D eigenvalue weighted by Gasteiger charge is -2.54. The number of allylic oxidation sites excluding steroid dienone is 2. The predicted octanol–water partition coefficient (Wildman–Crippen LogP) is 6.31. The molecule has 3 rings (SSSR count). The lowest BCUT2D eigenvalue weighted by Crippen LogP contribution is -2.63. The lowest BCUT2D eigenvalue weighted by atomic mass is 9.67. The van der Waals surface area contributed by atoms with Crippen molar-refractivity contribution in [2.75, 3.05) is 19.6 Å². The van der Waals surface area contributed by atoms with Crippen molar-refractivity contribution in [2.45, 2.75) is 86.4 Å². The Morgan fingerprint density at radius 2 is 1.86 bits per heavy atom. The van der Waals surface area contributed by atoms with Gasteiger partial charge in [0.05, 0.1) is 6.17 Å². The third-order valence-corrected chi connectivity index (χ3v) is 8.67. The third-order valence-electron chi connectivity index (χ3n) is 8.53. The summed E-state index contributed by atoms with van der Waals surface area (Å²) in [6.45, 7) is 27.9. The number of hydrogen-bond acceptors (Lipinski definition) is 3. The van der Waals surface area contributed by atoms with Crippen LogP contribution in [-0.2, 0) is 0 Å². The molecule has 29 heavy (non-hydrogen) atoms. The van der Waals surface area contributed by atoms with Crippen LogP contribution in [0.25, 0.3) is 0 Å². The van der Waals surface area contributed by atoms with Gasteiger partial charge < -0.3 is 0 Å². The minimum Gasteiger partial charge on any atom is -0.283 e.